The molecule has 0 radical (unpaired) electrons. The molecule has 1 aromatic heterocycles. The number of hydrogen-bond donors (Lipinski definition) is 0. The normalized spacial score (nSPS) is 14.1. The van der Waals surface area contributed by atoms with Crippen LogP contribution in [-0.4, -0.2) is 15.0 Å². The van der Waals surface area contributed by atoms with Crippen LogP contribution in [0, 0.1) is 6.92 Å². The lowest BCUT2D eigenvalue weighted by Gasteiger charge is -2.06. The second-order valence-corrected chi connectivity index (χ2v) is 4.59. The number of halogens is 1. The van der Waals surface area contributed by atoms with Gasteiger partial charge in [0.15, 0.2) is 0 Å². The van der Waals surface area contributed by atoms with Crippen molar-refractivity contribution in [3.05, 3.63) is 34.5 Å². The van der Waals surface area contributed by atoms with Gasteiger partial charge in [-0.3, -0.25) is 0 Å². The Balaban J connectivity index is 2.28. The van der Waals surface area contributed by atoms with Gasteiger partial charge in [-0.15, -0.1) is 5.10 Å². The number of fused-ring (bicyclic) bond motifs is 3. The number of benzene rings is 1. The van der Waals surface area contributed by atoms with Crippen LogP contribution in [0.15, 0.2) is 18.2 Å². The van der Waals surface area contributed by atoms with E-state index in [1.165, 1.54) is 11.1 Å². The number of nitrogens with zero attached hydrogens (tertiary/aromatic N) is 3. The lowest BCUT2D eigenvalue weighted by atomic mass is 10.0. The van der Waals surface area contributed by atoms with Crippen molar-refractivity contribution in [1.29, 1.82) is 0 Å². The molecule has 4 heteroatoms. The van der Waals surface area contributed by atoms with Crippen molar-refractivity contribution >= 4 is 11.6 Å². The summed E-state index contributed by atoms with van der Waals surface area (Å²) in [6.07, 6.45) is 2.14. The Morgan fingerprint density at radius 3 is 3.12 bits per heavy atom. The molecule has 16 heavy (non-hydrogen) atoms. The fourth-order valence-electron chi connectivity index (χ4n) is 2.31. The highest BCUT2D eigenvalue weighted by atomic mass is 35.5. The van der Waals surface area contributed by atoms with E-state index in [4.69, 9.17) is 11.6 Å². The molecule has 2 heterocycles. The van der Waals surface area contributed by atoms with Crippen LogP contribution >= 0.6 is 11.6 Å². The second kappa shape index (κ2) is 3.59. The van der Waals surface area contributed by atoms with Gasteiger partial charge < -0.3 is 0 Å². The van der Waals surface area contributed by atoms with Crippen LogP contribution in [0.1, 0.15) is 17.7 Å². The SMILES string of the molecule is Cc1nnn2c1-c1ccc(Cl)cc1CCC2. The summed E-state index contributed by atoms with van der Waals surface area (Å²) >= 11 is 6.03. The summed E-state index contributed by atoms with van der Waals surface area (Å²) < 4.78 is 2.00. The molecule has 0 aliphatic carbocycles. The summed E-state index contributed by atoms with van der Waals surface area (Å²) in [5.74, 6) is 0. The molecule has 0 bridgehead atoms. The maximum Gasteiger partial charge on any atom is 0.0917 e. The van der Waals surface area contributed by atoms with Gasteiger partial charge in [-0.1, -0.05) is 22.9 Å². The zero-order valence-electron chi connectivity index (χ0n) is 9.07. The Morgan fingerprint density at radius 1 is 1.38 bits per heavy atom. The fourth-order valence-corrected chi connectivity index (χ4v) is 2.50. The van der Waals surface area contributed by atoms with Gasteiger partial charge in [-0.05, 0) is 37.5 Å². The van der Waals surface area contributed by atoms with E-state index in [1.807, 2.05) is 17.7 Å². The molecule has 0 atom stereocenters. The molecule has 0 amide bonds. The first-order valence-corrected chi connectivity index (χ1v) is 5.82. The van der Waals surface area contributed by atoms with Gasteiger partial charge in [0, 0.05) is 17.1 Å². The first kappa shape index (κ1) is 9.85. The predicted molar refractivity (Wildman–Crippen MR) is 63.5 cm³/mol. The molecule has 0 unspecified atom stereocenters. The molecular formula is C12H12ClN3. The minimum atomic E-state index is 0.803. The summed E-state index contributed by atoms with van der Waals surface area (Å²) in [5.41, 5.74) is 4.66. The molecule has 3 rings (SSSR count). The van der Waals surface area contributed by atoms with E-state index < -0.39 is 0 Å². The third-order valence-corrected chi connectivity index (χ3v) is 3.28. The van der Waals surface area contributed by atoms with Gasteiger partial charge in [-0.2, -0.15) is 0 Å². The maximum absolute atomic E-state index is 6.03. The minimum Gasteiger partial charge on any atom is -0.244 e. The van der Waals surface area contributed by atoms with Crippen LogP contribution in [0.2, 0.25) is 5.02 Å². The van der Waals surface area contributed by atoms with Crippen molar-refractivity contribution in [2.45, 2.75) is 26.3 Å². The van der Waals surface area contributed by atoms with Crippen molar-refractivity contribution in [3.63, 3.8) is 0 Å². The van der Waals surface area contributed by atoms with Crippen molar-refractivity contribution in [1.82, 2.24) is 15.0 Å². The number of aromatic nitrogens is 3. The standard InChI is InChI=1S/C12H12ClN3/c1-8-12-11-5-4-10(13)7-9(11)3-2-6-16(12)15-14-8/h4-5,7H,2-3,6H2,1H3. The second-order valence-electron chi connectivity index (χ2n) is 4.15. The molecule has 3 nitrogen and oxygen atoms in total. The quantitative estimate of drug-likeness (QED) is 0.701. The molecular weight excluding hydrogens is 222 g/mol. The van der Waals surface area contributed by atoms with E-state index in [9.17, 15) is 0 Å². The van der Waals surface area contributed by atoms with E-state index >= 15 is 0 Å². The van der Waals surface area contributed by atoms with E-state index in [2.05, 4.69) is 22.4 Å². The fraction of sp³-hybridized carbons (Fsp3) is 0.333. The molecule has 1 aliphatic rings. The average Bonchev–Trinajstić information content (AvgIpc) is 2.53. The lowest BCUT2D eigenvalue weighted by Crippen LogP contribution is -2.00. The Morgan fingerprint density at radius 2 is 2.25 bits per heavy atom. The first-order valence-electron chi connectivity index (χ1n) is 5.44. The Bertz CT molecular complexity index is 545. The molecule has 82 valence electrons. The number of hydrogen-bond acceptors (Lipinski definition) is 2. The first-order chi connectivity index (χ1) is 7.75. The van der Waals surface area contributed by atoms with E-state index in [0.717, 1.165) is 35.8 Å². The van der Waals surface area contributed by atoms with Crippen LogP contribution in [0.25, 0.3) is 11.3 Å². The van der Waals surface area contributed by atoms with Crippen LogP contribution in [0.3, 0.4) is 0 Å². The smallest absolute Gasteiger partial charge is 0.0917 e. The summed E-state index contributed by atoms with van der Waals surface area (Å²) in [7, 11) is 0. The molecule has 1 aliphatic heterocycles. The van der Waals surface area contributed by atoms with Crippen LogP contribution in [0.5, 0.6) is 0 Å². The molecule has 0 spiro atoms. The average molecular weight is 234 g/mol. The van der Waals surface area contributed by atoms with E-state index in [-0.39, 0.29) is 0 Å². The van der Waals surface area contributed by atoms with Gasteiger partial charge in [0.05, 0.1) is 11.4 Å². The van der Waals surface area contributed by atoms with Crippen molar-refractivity contribution in [2.24, 2.45) is 0 Å². The topological polar surface area (TPSA) is 30.7 Å². The Labute approximate surface area is 99.0 Å². The Kier molecular flexibility index (Phi) is 2.21. The molecule has 0 saturated heterocycles. The van der Waals surface area contributed by atoms with Crippen LogP contribution in [0.4, 0.5) is 0 Å². The summed E-state index contributed by atoms with van der Waals surface area (Å²) in [6.45, 7) is 2.94. The van der Waals surface area contributed by atoms with Gasteiger partial charge in [0.2, 0.25) is 0 Å². The maximum atomic E-state index is 6.03. The van der Waals surface area contributed by atoms with E-state index in [0.29, 0.717) is 0 Å². The Hall–Kier alpha value is -1.35. The third-order valence-electron chi connectivity index (χ3n) is 3.04. The highest BCUT2D eigenvalue weighted by Crippen LogP contribution is 2.31. The van der Waals surface area contributed by atoms with Crippen molar-refractivity contribution < 1.29 is 0 Å². The van der Waals surface area contributed by atoms with Crippen molar-refractivity contribution in [3.8, 4) is 11.3 Å². The summed E-state index contributed by atoms with van der Waals surface area (Å²) in [4.78, 5) is 0. The zero-order valence-corrected chi connectivity index (χ0v) is 9.83. The predicted octanol–water partition coefficient (Wildman–Crippen LogP) is 2.85. The van der Waals surface area contributed by atoms with Gasteiger partial charge in [-0.25, -0.2) is 4.68 Å². The highest BCUT2D eigenvalue weighted by molar-refractivity contribution is 6.30. The van der Waals surface area contributed by atoms with Crippen LogP contribution < -0.4 is 0 Å². The zero-order chi connectivity index (χ0) is 11.1. The molecule has 0 saturated carbocycles. The van der Waals surface area contributed by atoms with Gasteiger partial charge >= 0.3 is 0 Å². The summed E-state index contributed by atoms with van der Waals surface area (Å²) in [6, 6.07) is 6.06. The minimum absolute atomic E-state index is 0.803. The van der Waals surface area contributed by atoms with E-state index in [1.54, 1.807) is 0 Å². The monoisotopic (exact) mass is 233 g/mol. The molecule has 0 N–H and O–H groups in total. The number of rotatable bonds is 0. The summed E-state index contributed by atoms with van der Waals surface area (Å²) in [5, 5.41) is 9.12. The van der Waals surface area contributed by atoms with Gasteiger partial charge in [0.1, 0.15) is 0 Å². The highest BCUT2D eigenvalue weighted by Gasteiger charge is 2.18. The molecule has 0 fully saturated rings. The lowest BCUT2D eigenvalue weighted by molar-refractivity contribution is 0.572. The van der Waals surface area contributed by atoms with Crippen LogP contribution in [-0.2, 0) is 13.0 Å². The van der Waals surface area contributed by atoms with Gasteiger partial charge in [0.25, 0.3) is 0 Å². The van der Waals surface area contributed by atoms with Crippen molar-refractivity contribution in [2.75, 3.05) is 0 Å². The third kappa shape index (κ3) is 1.43. The molecule has 1 aromatic carbocycles. The largest absolute Gasteiger partial charge is 0.244 e. The molecule has 2 aromatic rings. The number of aryl methyl sites for hydroxylation is 3.